The molecule has 7 nitrogen and oxygen atoms in total. The van der Waals surface area contributed by atoms with E-state index in [4.69, 9.17) is 44.0 Å². The van der Waals surface area contributed by atoms with Crippen LogP contribution in [0.25, 0.3) is 11.5 Å². The molecule has 1 aromatic heterocycles. The molecule has 150 valence electrons. The van der Waals surface area contributed by atoms with Crippen LogP contribution in [0.5, 0.6) is 0 Å². The van der Waals surface area contributed by atoms with Gasteiger partial charge in [-0.1, -0.05) is 46.6 Å². The molecule has 29 heavy (non-hydrogen) atoms. The van der Waals surface area contributed by atoms with Crippen LogP contribution in [0, 0.1) is 0 Å². The predicted octanol–water partition coefficient (Wildman–Crippen LogP) is 4.97. The summed E-state index contributed by atoms with van der Waals surface area (Å²) in [6.07, 6.45) is 0. The van der Waals surface area contributed by atoms with Crippen molar-refractivity contribution in [2.45, 2.75) is 5.22 Å². The van der Waals surface area contributed by atoms with Crippen molar-refractivity contribution in [3.63, 3.8) is 0 Å². The molecule has 0 saturated heterocycles. The maximum atomic E-state index is 11.9. The second-order valence-corrected chi connectivity index (χ2v) is 7.71. The molecule has 0 atom stereocenters. The quantitative estimate of drug-likeness (QED) is 0.383. The van der Waals surface area contributed by atoms with E-state index >= 15 is 0 Å². The standard InChI is InChI=1S/C18H12Cl3N3O4S/c19-11-3-1-10(2-4-11)17-23-24-18(28-17)29-9-16(26)27-8-15(25)22-14-6-5-12(20)7-13(14)21/h1-7H,8-9H2,(H,22,25). The van der Waals surface area contributed by atoms with Gasteiger partial charge in [0.1, 0.15) is 5.75 Å². The van der Waals surface area contributed by atoms with E-state index in [2.05, 4.69) is 15.5 Å². The highest BCUT2D eigenvalue weighted by Gasteiger charge is 2.14. The van der Waals surface area contributed by atoms with Gasteiger partial charge >= 0.3 is 5.97 Å². The number of esters is 1. The first-order valence-electron chi connectivity index (χ1n) is 8.03. The van der Waals surface area contributed by atoms with Gasteiger partial charge in [-0.25, -0.2) is 0 Å². The van der Waals surface area contributed by atoms with Crippen LogP contribution in [-0.2, 0) is 14.3 Å². The van der Waals surface area contributed by atoms with Crippen LogP contribution in [0.15, 0.2) is 52.1 Å². The average Bonchev–Trinajstić information content (AvgIpc) is 3.16. The summed E-state index contributed by atoms with van der Waals surface area (Å²) < 4.78 is 10.4. The number of aromatic nitrogens is 2. The van der Waals surface area contributed by atoms with Crippen molar-refractivity contribution < 1.29 is 18.7 Å². The number of rotatable bonds is 7. The zero-order chi connectivity index (χ0) is 20.8. The van der Waals surface area contributed by atoms with Crippen molar-refractivity contribution >= 4 is 64.1 Å². The number of halogens is 3. The van der Waals surface area contributed by atoms with Gasteiger partial charge in [0, 0.05) is 15.6 Å². The molecule has 3 rings (SSSR count). The summed E-state index contributed by atoms with van der Waals surface area (Å²) in [5.41, 5.74) is 1.07. The van der Waals surface area contributed by atoms with Crippen LogP contribution in [-0.4, -0.2) is 34.4 Å². The van der Waals surface area contributed by atoms with Crippen LogP contribution < -0.4 is 5.32 Å². The Labute approximate surface area is 184 Å². The van der Waals surface area contributed by atoms with Crippen molar-refractivity contribution in [3.05, 3.63) is 57.5 Å². The number of nitrogens with zero attached hydrogens (tertiary/aromatic N) is 2. The fourth-order valence-electron chi connectivity index (χ4n) is 2.06. The van der Waals surface area contributed by atoms with Crippen molar-refractivity contribution in [2.75, 3.05) is 17.7 Å². The molecule has 0 aliphatic heterocycles. The van der Waals surface area contributed by atoms with E-state index in [1.165, 1.54) is 6.07 Å². The summed E-state index contributed by atoms with van der Waals surface area (Å²) in [6.45, 7) is -0.460. The molecular weight excluding hydrogens is 461 g/mol. The maximum absolute atomic E-state index is 11.9. The van der Waals surface area contributed by atoms with E-state index in [9.17, 15) is 9.59 Å². The second-order valence-electron chi connectivity index (χ2n) is 5.50. The molecule has 1 heterocycles. The molecule has 1 amide bonds. The van der Waals surface area contributed by atoms with Crippen molar-refractivity contribution in [2.24, 2.45) is 0 Å². The Kier molecular flexibility index (Phi) is 7.38. The number of carbonyl (C=O) groups is 2. The van der Waals surface area contributed by atoms with Crippen LogP contribution >= 0.6 is 46.6 Å². The lowest BCUT2D eigenvalue weighted by Crippen LogP contribution is -2.21. The van der Waals surface area contributed by atoms with Gasteiger partial charge in [0.2, 0.25) is 5.89 Å². The highest BCUT2D eigenvalue weighted by molar-refractivity contribution is 7.99. The summed E-state index contributed by atoms with van der Waals surface area (Å²) in [5, 5.41) is 11.8. The summed E-state index contributed by atoms with van der Waals surface area (Å²) in [4.78, 5) is 23.7. The summed E-state index contributed by atoms with van der Waals surface area (Å²) in [5.74, 6) is -0.942. The average molecular weight is 473 g/mol. The molecule has 0 spiro atoms. The molecule has 11 heteroatoms. The Morgan fingerprint density at radius 2 is 1.76 bits per heavy atom. The molecule has 0 radical (unpaired) electrons. The SMILES string of the molecule is O=C(COC(=O)CSc1nnc(-c2ccc(Cl)cc2)o1)Nc1ccc(Cl)cc1Cl. The first-order chi connectivity index (χ1) is 13.9. The normalized spacial score (nSPS) is 10.6. The first-order valence-corrected chi connectivity index (χ1v) is 10.2. The van der Waals surface area contributed by atoms with E-state index in [0.717, 1.165) is 11.8 Å². The molecule has 0 saturated carbocycles. The van der Waals surface area contributed by atoms with E-state index in [1.54, 1.807) is 36.4 Å². The Bertz CT molecular complexity index is 1030. The van der Waals surface area contributed by atoms with Gasteiger partial charge in [0.15, 0.2) is 6.61 Å². The van der Waals surface area contributed by atoms with Gasteiger partial charge in [0.25, 0.3) is 11.1 Å². The molecule has 0 bridgehead atoms. The Balaban J connectivity index is 1.44. The molecule has 0 aliphatic carbocycles. The molecule has 0 aliphatic rings. The number of anilines is 1. The summed E-state index contributed by atoms with van der Waals surface area (Å²) in [7, 11) is 0. The number of thioether (sulfide) groups is 1. The zero-order valence-electron chi connectivity index (χ0n) is 14.5. The van der Waals surface area contributed by atoms with Crippen LogP contribution in [0.2, 0.25) is 15.1 Å². The lowest BCUT2D eigenvalue weighted by Gasteiger charge is -2.08. The molecular formula is C18H12Cl3N3O4S. The number of carbonyl (C=O) groups excluding carboxylic acids is 2. The maximum Gasteiger partial charge on any atom is 0.316 e. The molecule has 3 aromatic rings. The minimum Gasteiger partial charge on any atom is -0.455 e. The monoisotopic (exact) mass is 471 g/mol. The topological polar surface area (TPSA) is 94.3 Å². The van der Waals surface area contributed by atoms with E-state index in [-0.39, 0.29) is 16.0 Å². The number of hydrogen-bond acceptors (Lipinski definition) is 7. The highest BCUT2D eigenvalue weighted by Crippen LogP contribution is 2.26. The Morgan fingerprint density at radius 3 is 2.48 bits per heavy atom. The van der Waals surface area contributed by atoms with Crippen LogP contribution in [0.4, 0.5) is 5.69 Å². The Morgan fingerprint density at radius 1 is 1.03 bits per heavy atom. The summed E-state index contributed by atoms with van der Waals surface area (Å²) in [6, 6.07) is 11.5. The molecule has 2 aromatic carbocycles. The third kappa shape index (κ3) is 6.37. The largest absolute Gasteiger partial charge is 0.455 e. The summed E-state index contributed by atoms with van der Waals surface area (Å²) >= 11 is 18.6. The number of ether oxygens (including phenoxy) is 1. The second kappa shape index (κ2) is 9.98. The van der Waals surface area contributed by atoms with Gasteiger partial charge in [-0.3, -0.25) is 9.59 Å². The van der Waals surface area contributed by atoms with E-state index in [0.29, 0.717) is 27.2 Å². The minimum atomic E-state index is -0.612. The van der Waals surface area contributed by atoms with Crippen LogP contribution in [0.1, 0.15) is 0 Å². The van der Waals surface area contributed by atoms with E-state index in [1.807, 2.05) is 0 Å². The van der Waals surface area contributed by atoms with E-state index < -0.39 is 18.5 Å². The smallest absolute Gasteiger partial charge is 0.316 e. The lowest BCUT2D eigenvalue weighted by molar-refractivity contribution is -0.144. The molecule has 0 unspecified atom stereocenters. The lowest BCUT2D eigenvalue weighted by atomic mass is 10.2. The minimum absolute atomic E-state index is 0.1000. The van der Waals surface area contributed by atoms with Gasteiger partial charge < -0.3 is 14.5 Å². The van der Waals surface area contributed by atoms with Gasteiger partial charge in [0.05, 0.1) is 10.7 Å². The van der Waals surface area contributed by atoms with Crippen LogP contribution in [0.3, 0.4) is 0 Å². The van der Waals surface area contributed by atoms with Crippen molar-refractivity contribution in [1.29, 1.82) is 0 Å². The third-order valence-electron chi connectivity index (χ3n) is 3.38. The number of nitrogens with one attached hydrogen (secondary N) is 1. The molecule has 0 fully saturated rings. The van der Waals surface area contributed by atoms with Crippen molar-refractivity contribution in [1.82, 2.24) is 10.2 Å². The third-order valence-corrected chi connectivity index (χ3v) is 4.97. The van der Waals surface area contributed by atoms with Gasteiger partial charge in [-0.05, 0) is 42.5 Å². The fourth-order valence-corrected chi connectivity index (χ4v) is 3.21. The highest BCUT2D eigenvalue weighted by atomic mass is 35.5. The fraction of sp³-hybridized carbons (Fsp3) is 0.111. The number of hydrogen-bond donors (Lipinski definition) is 1. The van der Waals surface area contributed by atoms with Gasteiger partial charge in [-0.15, -0.1) is 10.2 Å². The zero-order valence-corrected chi connectivity index (χ0v) is 17.6. The first kappa shape index (κ1) is 21.4. The number of amides is 1. The van der Waals surface area contributed by atoms with Crippen molar-refractivity contribution in [3.8, 4) is 11.5 Å². The Hall–Kier alpha value is -2.26. The van der Waals surface area contributed by atoms with Gasteiger partial charge in [-0.2, -0.15) is 0 Å². The number of benzene rings is 2. The predicted molar refractivity (Wildman–Crippen MR) is 112 cm³/mol. The molecule has 1 N–H and O–H groups in total.